The third-order valence-corrected chi connectivity index (χ3v) is 6.37. The lowest BCUT2D eigenvalue weighted by atomic mass is 10.1. The molecule has 36 heavy (non-hydrogen) atoms. The molecule has 8 heteroatoms. The molecule has 0 saturated carbocycles. The van der Waals surface area contributed by atoms with E-state index in [-0.39, 0.29) is 24.6 Å². The Hall–Kier alpha value is -4.59. The van der Waals surface area contributed by atoms with E-state index in [1.165, 1.54) is 9.13 Å². The monoisotopic (exact) mass is 482 g/mol. The van der Waals surface area contributed by atoms with Crippen molar-refractivity contribution in [2.75, 3.05) is 12.4 Å². The summed E-state index contributed by atoms with van der Waals surface area (Å²) in [6.45, 7) is 1.81. The second-order valence-electron chi connectivity index (χ2n) is 8.80. The van der Waals surface area contributed by atoms with Crippen LogP contribution in [0.25, 0.3) is 21.9 Å². The Morgan fingerprint density at radius 2 is 1.64 bits per heavy atom. The van der Waals surface area contributed by atoms with Crippen LogP contribution in [0.2, 0.25) is 0 Å². The average molecular weight is 483 g/mol. The molecule has 0 unspecified atom stereocenters. The van der Waals surface area contributed by atoms with Crippen molar-refractivity contribution in [3.05, 3.63) is 105 Å². The average Bonchev–Trinajstić information content (AvgIpc) is 3.17. The van der Waals surface area contributed by atoms with Crippen molar-refractivity contribution < 1.29 is 9.53 Å². The van der Waals surface area contributed by atoms with Crippen LogP contribution in [0.1, 0.15) is 11.1 Å². The molecule has 8 nitrogen and oxygen atoms in total. The van der Waals surface area contributed by atoms with E-state index in [2.05, 4.69) is 5.32 Å². The van der Waals surface area contributed by atoms with Crippen molar-refractivity contribution in [1.29, 1.82) is 0 Å². The van der Waals surface area contributed by atoms with Gasteiger partial charge < -0.3 is 14.6 Å². The maximum Gasteiger partial charge on any atom is 0.332 e. The van der Waals surface area contributed by atoms with Gasteiger partial charge in [-0.05, 0) is 48.9 Å². The maximum absolute atomic E-state index is 13.7. The fourth-order valence-electron chi connectivity index (χ4n) is 4.58. The standard InChI is InChI=1S/C28H26N4O4/c1-18-9-14-23-22(15-18)25-26(30(23)2)27(34)32(16-19-7-5-4-6-8-19)28(35)31(25)17-24(33)29-20-10-12-21(36-3)13-11-20/h4-15H,16-17H2,1-3H3,(H,29,33). The summed E-state index contributed by atoms with van der Waals surface area (Å²) in [4.78, 5) is 40.5. The van der Waals surface area contributed by atoms with Crippen molar-refractivity contribution in [3.63, 3.8) is 0 Å². The number of rotatable bonds is 6. The van der Waals surface area contributed by atoms with Gasteiger partial charge in [-0.2, -0.15) is 0 Å². The highest BCUT2D eigenvalue weighted by Gasteiger charge is 2.22. The zero-order chi connectivity index (χ0) is 25.4. The Balaban J connectivity index is 1.68. The molecule has 0 spiro atoms. The molecule has 5 rings (SSSR count). The van der Waals surface area contributed by atoms with E-state index in [1.807, 2.05) is 55.5 Å². The Morgan fingerprint density at radius 1 is 0.917 bits per heavy atom. The van der Waals surface area contributed by atoms with E-state index in [1.54, 1.807) is 43.0 Å². The minimum Gasteiger partial charge on any atom is -0.497 e. The van der Waals surface area contributed by atoms with Gasteiger partial charge in [-0.15, -0.1) is 0 Å². The van der Waals surface area contributed by atoms with E-state index in [0.717, 1.165) is 22.0 Å². The lowest BCUT2D eigenvalue weighted by Crippen LogP contribution is -2.42. The van der Waals surface area contributed by atoms with E-state index in [0.29, 0.717) is 22.5 Å². The Labute approximate surface area is 207 Å². The first-order valence-electron chi connectivity index (χ1n) is 11.6. The zero-order valence-corrected chi connectivity index (χ0v) is 20.3. The van der Waals surface area contributed by atoms with Crippen LogP contribution in [-0.2, 0) is 24.9 Å². The molecule has 0 radical (unpaired) electrons. The number of carbonyl (C=O) groups excluding carboxylic acids is 1. The van der Waals surface area contributed by atoms with E-state index in [4.69, 9.17) is 4.74 Å². The number of methoxy groups -OCH3 is 1. The van der Waals surface area contributed by atoms with Crippen molar-refractivity contribution in [2.45, 2.75) is 20.0 Å². The highest BCUT2D eigenvalue weighted by atomic mass is 16.5. The van der Waals surface area contributed by atoms with Gasteiger partial charge in [-0.1, -0.05) is 42.0 Å². The third-order valence-electron chi connectivity index (χ3n) is 6.37. The van der Waals surface area contributed by atoms with Crippen LogP contribution in [0, 0.1) is 6.92 Å². The van der Waals surface area contributed by atoms with Gasteiger partial charge in [0, 0.05) is 18.1 Å². The van der Waals surface area contributed by atoms with Crippen LogP contribution in [0.5, 0.6) is 5.75 Å². The highest BCUT2D eigenvalue weighted by Crippen LogP contribution is 2.26. The summed E-state index contributed by atoms with van der Waals surface area (Å²) in [5.74, 6) is 0.295. The van der Waals surface area contributed by atoms with Crippen LogP contribution < -0.4 is 21.3 Å². The molecule has 0 atom stereocenters. The largest absolute Gasteiger partial charge is 0.497 e. The summed E-state index contributed by atoms with van der Waals surface area (Å²) in [5, 5.41) is 3.59. The molecule has 2 heterocycles. The quantitative estimate of drug-likeness (QED) is 0.400. The summed E-state index contributed by atoms with van der Waals surface area (Å²) >= 11 is 0. The molecule has 0 fully saturated rings. The minimum atomic E-state index is -0.532. The summed E-state index contributed by atoms with van der Waals surface area (Å²) in [6.07, 6.45) is 0. The lowest BCUT2D eigenvalue weighted by Gasteiger charge is -2.14. The zero-order valence-electron chi connectivity index (χ0n) is 20.3. The number of ether oxygens (including phenoxy) is 1. The molecule has 3 aromatic carbocycles. The van der Waals surface area contributed by atoms with Gasteiger partial charge in [0.1, 0.15) is 17.8 Å². The predicted octanol–water partition coefficient (Wildman–Crippen LogP) is 3.66. The predicted molar refractivity (Wildman–Crippen MR) is 141 cm³/mol. The highest BCUT2D eigenvalue weighted by molar-refractivity contribution is 6.06. The van der Waals surface area contributed by atoms with Gasteiger partial charge in [0.2, 0.25) is 5.91 Å². The fourth-order valence-corrected chi connectivity index (χ4v) is 4.58. The number of nitrogens with zero attached hydrogens (tertiary/aromatic N) is 3. The first-order chi connectivity index (χ1) is 17.4. The number of aryl methyl sites for hydroxylation is 2. The lowest BCUT2D eigenvalue weighted by molar-refractivity contribution is -0.116. The number of carbonyl (C=O) groups is 1. The van der Waals surface area contributed by atoms with Crippen molar-refractivity contribution >= 4 is 33.5 Å². The minimum absolute atomic E-state index is 0.106. The maximum atomic E-state index is 13.7. The molecule has 0 aliphatic rings. The van der Waals surface area contributed by atoms with E-state index < -0.39 is 5.69 Å². The molecule has 182 valence electrons. The first kappa shape index (κ1) is 23.2. The summed E-state index contributed by atoms with van der Waals surface area (Å²) in [7, 11) is 3.38. The topological polar surface area (TPSA) is 87.3 Å². The normalized spacial score (nSPS) is 11.2. The molecule has 1 amide bonds. The summed E-state index contributed by atoms with van der Waals surface area (Å²) < 4.78 is 9.57. The Bertz CT molecular complexity index is 1710. The van der Waals surface area contributed by atoms with Gasteiger partial charge in [0.15, 0.2) is 0 Å². The number of anilines is 1. The number of aromatic nitrogens is 3. The number of hydrogen-bond acceptors (Lipinski definition) is 4. The van der Waals surface area contributed by atoms with E-state index >= 15 is 0 Å². The SMILES string of the molecule is COc1ccc(NC(=O)Cn2c(=O)n(Cc3ccccc3)c(=O)c3c2c2cc(C)ccc2n3C)cc1. The molecule has 1 N–H and O–H groups in total. The van der Waals surface area contributed by atoms with E-state index in [9.17, 15) is 14.4 Å². The fraction of sp³-hybridized carbons (Fsp3) is 0.179. The van der Waals surface area contributed by atoms with Gasteiger partial charge in [0.25, 0.3) is 5.56 Å². The second-order valence-corrected chi connectivity index (χ2v) is 8.80. The number of amides is 1. The van der Waals surface area contributed by atoms with Crippen molar-refractivity contribution in [1.82, 2.24) is 13.7 Å². The van der Waals surface area contributed by atoms with Crippen molar-refractivity contribution in [3.8, 4) is 5.75 Å². The van der Waals surface area contributed by atoms with Crippen molar-refractivity contribution in [2.24, 2.45) is 7.05 Å². The molecular weight excluding hydrogens is 456 g/mol. The summed E-state index contributed by atoms with van der Waals surface area (Å²) in [5.41, 5.74) is 3.12. The van der Waals surface area contributed by atoms with Gasteiger partial charge in [0.05, 0.1) is 24.7 Å². The molecule has 0 saturated heterocycles. The van der Waals surface area contributed by atoms with Crippen LogP contribution >= 0.6 is 0 Å². The molecule has 0 aliphatic heterocycles. The van der Waals surface area contributed by atoms with Crippen LogP contribution in [0.15, 0.2) is 82.4 Å². The molecule has 0 bridgehead atoms. The molecule has 0 aliphatic carbocycles. The third kappa shape index (κ3) is 4.07. The van der Waals surface area contributed by atoms with Crippen LogP contribution in [0.3, 0.4) is 0 Å². The Kier molecular flexibility index (Phi) is 5.93. The smallest absolute Gasteiger partial charge is 0.332 e. The Morgan fingerprint density at radius 3 is 2.33 bits per heavy atom. The molecule has 2 aromatic heterocycles. The number of fused-ring (bicyclic) bond motifs is 3. The molecular formula is C28H26N4O4. The number of hydrogen-bond donors (Lipinski definition) is 1. The van der Waals surface area contributed by atoms with Crippen LogP contribution in [0.4, 0.5) is 5.69 Å². The van der Waals surface area contributed by atoms with Gasteiger partial charge in [-0.25, -0.2) is 4.79 Å². The second kappa shape index (κ2) is 9.22. The van der Waals surface area contributed by atoms with Gasteiger partial charge >= 0.3 is 5.69 Å². The van der Waals surface area contributed by atoms with Gasteiger partial charge in [-0.3, -0.25) is 18.7 Å². The van der Waals surface area contributed by atoms with Crippen LogP contribution in [-0.4, -0.2) is 26.7 Å². The summed E-state index contributed by atoms with van der Waals surface area (Å²) in [6, 6.07) is 22.1. The first-order valence-corrected chi connectivity index (χ1v) is 11.6. The number of benzene rings is 3. The molecule has 5 aromatic rings. The number of nitrogens with one attached hydrogen (secondary N) is 1.